The topological polar surface area (TPSA) is 164 Å². The van der Waals surface area contributed by atoms with Gasteiger partial charge >= 0.3 is 0 Å². The summed E-state index contributed by atoms with van der Waals surface area (Å²) in [5.74, 6) is 0.249. The highest BCUT2D eigenvalue weighted by Crippen LogP contribution is 2.26. The van der Waals surface area contributed by atoms with Gasteiger partial charge in [-0.1, -0.05) is 6.07 Å². The van der Waals surface area contributed by atoms with Gasteiger partial charge in [0.25, 0.3) is 11.5 Å². The first-order valence-electron chi connectivity index (χ1n) is 11.7. The predicted molar refractivity (Wildman–Crippen MR) is 135 cm³/mol. The lowest BCUT2D eigenvalue weighted by Gasteiger charge is -2.32. The van der Waals surface area contributed by atoms with E-state index in [4.69, 9.17) is 9.47 Å². The van der Waals surface area contributed by atoms with Gasteiger partial charge in [0.2, 0.25) is 5.88 Å². The lowest BCUT2D eigenvalue weighted by molar-refractivity contribution is -0.143. The molecule has 0 spiro atoms. The molecule has 1 aliphatic rings. The summed E-state index contributed by atoms with van der Waals surface area (Å²) in [6.45, 7) is 0.407. The Labute approximate surface area is 214 Å². The van der Waals surface area contributed by atoms with Crippen LogP contribution in [0.3, 0.4) is 0 Å². The number of nitrogens with one attached hydrogen (secondary N) is 2. The number of benzene rings is 1. The van der Waals surface area contributed by atoms with Crippen molar-refractivity contribution in [3.05, 3.63) is 77.2 Å². The maximum atomic E-state index is 13.3. The molecule has 0 saturated carbocycles. The van der Waals surface area contributed by atoms with Crippen LogP contribution in [0.1, 0.15) is 11.9 Å². The minimum absolute atomic E-state index is 0.0652. The molecule has 0 radical (unpaired) electrons. The van der Waals surface area contributed by atoms with Gasteiger partial charge in [-0.2, -0.15) is 10.1 Å². The quantitative estimate of drug-likeness (QED) is 0.303. The van der Waals surface area contributed by atoms with E-state index in [1.54, 1.807) is 65.7 Å². The molecule has 0 bridgehead atoms. The van der Waals surface area contributed by atoms with Crippen molar-refractivity contribution in [2.75, 3.05) is 25.2 Å². The zero-order valence-electron chi connectivity index (χ0n) is 20.1. The number of aliphatic hydroxyl groups excluding tert-OH is 1. The van der Waals surface area contributed by atoms with Crippen molar-refractivity contribution in [3.63, 3.8) is 0 Å². The summed E-state index contributed by atoms with van der Waals surface area (Å²) in [5, 5.41) is 22.7. The summed E-state index contributed by atoms with van der Waals surface area (Å²) < 4.78 is 12.4. The second-order valence-electron chi connectivity index (χ2n) is 8.55. The van der Waals surface area contributed by atoms with Crippen LogP contribution in [-0.2, 0) is 9.53 Å². The highest BCUT2D eigenvalue weighted by molar-refractivity contribution is 5.97. The number of fused-ring (bicyclic) bond motifs is 1. The third-order valence-electron chi connectivity index (χ3n) is 6.26. The number of hydrogen-bond donors (Lipinski definition) is 3. The standard InChI is InChI=1S/C25H22N8O5/c1-37-20-13-15(4-7-26-20)33-9-6-19(31-33)32-10-11-38-22(25(32)36)21(34)23-28-18-3-2-14(17-5-8-27-30-17)12-16(18)24(35)29-23/h2-9,12-13,21-22,34H,10-11H2,1H3,(H,27,30)(H,28,29,35). The molecule has 1 fully saturated rings. The number of carbonyl (C=O) groups excluding carboxylic acids is 1. The number of hydrogen-bond acceptors (Lipinski definition) is 9. The fraction of sp³-hybridized carbons (Fsp3) is 0.200. The van der Waals surface area contributed by atoms with E-state index in [9.17, 15) is 14.7 Å². The Balaban J connectivity index is 1.25. The molecule has 4 aromatic heterocycles. The molecule has 6 rings (SSSR count). The number of pyridine rings is 1. The predicted octanol–water partition coefficient (Wildman–Crippen LogP) is 1.37. The Morgan fingerprint density at radius 1 is 1.18 bits per heavy atom. The summed E-state index contributed by atoms with van der Waals surface area (Å²) in [6, 6.07) is 12.1. The van der Waals surface area contributed by atoms with Crippen molar-refractivity contribution in [2.24, 2.45) is 0 Å². The average Bonchev–Trinajstić information content (AvgIpc) is 3.66. The van der Waals surface area contributed by atoms with Crippen molar-refractivity contribution < 1.29 is 19.4 Å². The maximum Gasteiger partial charge on any atom is 0.280 e. The molecule has 2 atom stereocenters. The van der Waals surface area contributed by atoms with Crippen LogP contribution in [0.5, 0.6) is 5.88 Å². The lowest BCUT2D eigenvalue weighted by Crippen LogP contribution is -2.50. The average molecular weight is 515 g/mol. The van der Waals surface area contributed by atoms with Crippen LogP contribution in [0.15, 0.2) is 65.8 Å². The second-order valence-corrected chi connectivity index (χ2v) is 8.55. The van der Waals surface area contributed by atoms with Crippen molar-refractivity contribution in [3.8, 4) is 22.8 Å². The number of ether oxygens (including phenoxy) is 2. The number of amides is 1. The smallest absolute Gasteiger partial charge is 0.280 e. The van der Waals surface area contributed by atoms with Crippen molar-refractivity contribution in [1.82, 2.24) is 34.9 Å². The van der Waals surface area contributed by atoms with Gasteiger partial charge in [0, 0.05) is 36.3 Å². The monoisotopic (exact) mass is 514 g/mol. The second kappa shape index (κ2) is 9.53. The van der Waals surface area contributed by atoms with Crippen molar-refractivity contribution >= 4 is 22.6 Å². The zero-order chi connectivity index (χ0) is 26.2. The van der Waals surface area contributed by atoms with E-state index < -0.39 is 23.7 Å². The van der Waals surface area contributed by atoms with Gasteiger partial charge in [-0.3, -0.25) is 19.6 Å². The van der Waals surface area contributed by atoms with Gasteiger partial charge in [-0.25, -0.2) is 9.67 Å². The summed E-state index contributed by atoms with van der Waals surface area (Å²) in [7, 11) is 1.52. The molecular weight excluding hydrogens is 492 g/mol. The number of nitrogens with zero attached hydrogens (tertiary/aromatic N) is 6. The van der Waals surface area contributed by atoms with Crippen LogP contribution in [0.4, 0.5) is 5.82 Å². The molecule has 38 heavy (non-hydrogen) atoms. The maximum absolute atomic E-state index is 13.3. The molecule has 1 amide bonds. The number of methoxy groups -OCH3 is 1. The highest BCUT2D eigenvalue weighted by Gasteiger charge is 2.38. The van der Waals surface area contributed by atoms with Gasteiger partial charge < -0.3 is 19.6 Å². The summed E-state index contributed by atoms with van der Waals surface area (Å²) in [6.07, 6.45) is 2.21. The molecule has 1 aliphatic heterocycles. The van der Waals surface area contributed by atoms with E-state index in [1.807, 2.05) is 0 Å². The van der Waals surface area contributed by atoms with Crippen molar-refractivity contribution in [2.45, 2.75) is 12.2 Å². The van der Waals surface area contributed by atoms with E-state index in [2.05, 4.69) is 30.2 Å². The first-order valence-corrected chi connectivity index (χ1v) is 11.7. The third-order valence-corrected chi connectivity index (χ3v) is 6.26. The molecule has 3 N–H and O–H groups in total. The molecule has 0 aliphatic carbocycles. The normalized spacial score (nSPS) is 16.6. The van der Waals surface area contributed by atoms with Gasteiger partial charge in [-0.05, 0) is 24.3 Å². The number of aromatic amines is 2. The molecule has 5 aromatic rings. The van der Waals surface area contributed by atoms with Gasteiger partial charge in [-0.15, -0.1) is 5.10 Å². The van der Waals surface area contributed by atoms with Crippen LogP contribution in [-0.4, -0.2) is 72.3 Å². The minimum Gasteiger partial charge on any atom is -0.481 e. The van der Waals surface area contributed by atoms with E-state index in [0.717, 1.165) is 5.56 Å². The molecule has 13 heteroatoms. The molecule has 1 saturated heterocycles. The Morgan fingerprint density at radius 2 is 2.08 bits per heavy atom. The Hall–Kier alpha value is -4.88. The number of carbonyl (C=O) groups is 1. The van der Waals surface area contributed by atoms with Crippen LogP contribution in [0.2, 0.25) is 0 Å². The molecule has 13 nitrogen and oxygen atoms in total. The molecular formula is C25H22N8O5. The number of aromatic nitrogens is 7. The zero-order valence-corrected chi connectivity index (χ0v) is 20.1. The number of morpholine rings is 1. The molecule has 5 heterocycles. The molecule has 1 aromatic carbocycles. The fourth-order valence-electron chi connectivity index (χ4n) is 4.34. The molecule has 192 valence electrons. The van der Waals surface area contributed by atoms with Crippen molar-refractivity contribution in [1.29, 1.82) is 0 Å². The van der Waals surface area contributed by atoms with E-state index in [1.165, 1.54) is 12.0 Å². The third kappa shape index (κ3) is 4.19. The van der Waals surface area contributed by atoms with Crippen LogP contribution < -0.4 is 15.2 Å². The van der Waals surface area contributed by atoms with Gasteiger partial charge in [0.1, 0.15) is 11.9 Å². The first-order chi connectivity index (χ1) is 18.5. The number of aliphatic hydroxyl groups is 1. The Bertz CT molecular complexity index is 1680. The van der Waals surface area contributed by atoms with Crippen LogP contribution in [0, 0.1) is 0 Å². The van der Waals surface area contributed by atoms with Gasteiger partial charge in [0.15, 0.2) is 11.9 Å². The summed E-state index contributed by atoms with van der Waals surface area (Å²) in [4.78, 5) is 38.7. The van der Waals surface area contributed by atoms with E-state index in [0.29, 0.717) is 34.0 Å². The first kappa shape index (κ1) is 23.5. The van der Waals surface area contributed by atoms with Crippen LogP contribution >= 0.6 is 0 Å². The fourth-order valence-corrected chi connectivity index (χ4v) is 4.34. The Morgan fingerprint density at radius 3 is 2.89 bits per heavy atom. The summed E-state index contributed by atoms with van der Waals surface area (Å²) in [5.41, 5.74) is 2.04. The van der Waals surface area contributed by atoms with Crippen LogP contribution in [0.25, 0.3) is 27.8 Å². The van der Waals surface area contributed by atoms with Gasteiger partial charge in [0.05, 0.1) is 42.5 Å². The number of anilines is 1. The SMILES string of the molecule is COc1cc(-n2ccc(N3CCOC(C(O)c4nc(=O)c5cc(-c6cc[nH]n6)ccc5[nH]4)C3=O)n2)ccn1. The largest absolute Gasteiger partial charge is 0.481 e. The van der Waals surface area contributed by atoms with E-state index >= 15 is 0 Å². The lowest BCUT2D eigenvalue weighted by atomic mass is 10.1. The Kier molecular flexibility index (Phi) is 5.90. The summed E-state index contributed by atoms with van der Waals surface area (Å²) >= 11 is 0. The number of rotatable bonds is 6. The minimum atomic E-state index is -1.50. The molecule has 2 unspecified atom stereocenters. The van der Waals surface area contributed by atoms with E-state index in [-0.39, 0.29) is 19.0 Å². The highest BCUT2D eigenvalue weighted by atomic mass is 16.5. The number of H-pyrrole nitrogens is 2.